The number of fused-ring (bicyclic) bond motifs is 3. The van der Waals surface area contributed by atoms with Crippen molar-refractivity contribution in [1.29, 1.82) is 0 Å². The zero-order chi connectivity index (χ0) is 9.38. The Morgan fingerprint density at radius 1 is 1.00 bits per heavy atom. The minimum atomic E-state index is 0.696. The molecule has 3 rings (SSSR count). The molecule has 0 amide bonds. The lowest BCUT2D eigenvalue weighted by Gasteiger charge is -2.07. The normalized spacial score (nSPS) is 14.3. The molecular formula is C12H11NO. The van der Waals surface area contributed by atoms with Crippen LogP contribution in [0.15, 0.2) is 42.6 Å². The molecule has 0 saturated carbocycles. The Morgan fingerprint density at radius 2 is 1.93 bits per heavy atom. The Kier molecular flexibility index (Phi) is 1.67. The van der Waals surface area contributed by atoms with Crippen LogP contribution >= 0.6 is 0 Å². The molecule has 0 fully saturated rings. The smallest absolute Gasteiger partial charge is 0.0875 e. The summed E-state index contributed by atoms with van der Waals surface area (Å²) in [5.74, 6) is 0. The molecule has 2 aromatic rings. The molecule has 2 nitrogen and oxygen atoms in total. The summed E-state index contributed by atoms with van der Waals surface area (Å²) in [6.45, 7) is 1.40. The van der Waals surface area contributed by atoms with Gasteiger partial charge in [0.05, 0.1) is 18.9 Å². The molecule has 0 unspecified atom stereocenters. The van der Waals surface area contributed by atoms with Crippen molar-refractivity contribution in [2.75, 3.05) is 0 Å². The van der Waals surface area contributed by atoms with Crippen LogP contribution in [0.5, 0.6) is 0 Å². The van der Waals surface area contributed by atoms with Gasteiger partial charge in [0.1, 0.15) is 0 Å². The first-order valence-corrected chi connectivity index (χ1v) is 4.77. The van der Waals surface area contributed by atoms with Crippen LogP contribution in [-0.4, -0.2) is 4.57 Å². The minimum absolute atomic E-state index is 0.696. The number of aromatic nitrogens is 1. The summed E-state index contributed by atoms with van der Waals surface area (Å²) >= 11 is 0. The zero-order valence-corrected chi connectivity index (χ0v) is 7.81. The fraction of sp³-hybridized carbons (Fsp3) is 0.167. The lowest BCUT2D eigenvalue weighted by Crippen LogP contribution is -1.97. The van der Waals surface area contributed by atoms with Gasteiger partial charge in [0.15, 0.2) is 0 Å². The molecule has 14 heavy (non-hydrogen) atoms. The first kappa shape index (κ1) is 7.83. The monoisotopic (exact) mass is 185 g/mol. The van der Waals surface area contributed by atoms with Crippen LogP contribution in [0.3, 0.4) is 0 Å². The maximum Gasteiger partial charge on any atom is 0.0875 e. The van der Waals surface area contributed by atoms with Crippen molar-refractivity contribution in [3.63, 3.8) is 0 Å². The Morgan fingerprint density at radius 3 is 2.93 bits per heavy atom. The van der Waals surface area contributed by atoms with Crippen LogP contribution in [0, 0.1) is 0 Å². The Bertz CT molecular complexity index is 459. The van der Waals surface area contributed by atoms with Gasteiger partial charge in [-0.25, -0.2) is 0 Å². The molecule has 70 valence electrons. The highest BCUT2D eigenvalue weighted by molar-refractivity contribution is 5.43. The van der Waals surface area contributed by atoms with Crippen molar-refractivity contribution < 1.29 is 4.74 Å². The van der Waals surface area contributed by atoms with Crippen LogP contribution in [-0.2, 0) is 18.0 Å². The third-order valence-electron chi connectivity index (χ3n) is 2.59. The van der Waals surface area contributed by atoms with Crippen LogP contribution in [0.1, 0.15) is 11.3 Å². The molecule has 1 aromatic heterocycles. The van der Waals surface area contributed by atoms with Crippen molar-refractivity contribution >= 4 is 0 Å². The summed E-state index contributed by atoms with van der Waals surface area (Å²) in [4.78, 5) is 0. The fourth-order valence-corrected chi connectivity index (χ4v) is 1.90. The third kappa shape index (κ3) is 1.08. The topological polar surface area (TPSA) is 14.2 Å². The van der Waals surface area contributed by atoms with Crippen molar-refractivity contribution in [2.24, 2.45) is 0 Å². The maximum absolute atomic E-state index is 5.58. The summed E-state index contributed by atoms with van der Waals surface area (Å²) in [7, 11) is 0. The second-order valence-corrected chi connectivity index (χ2v) is 3.49. The number of para-hydroxylation sites is 1. The molecule has 0 N–H and O–H groups in total. The molecule has 0 radical (unpaired) electrons. The van der Waals surface area contributed by atoms with Crippen molar-refractivity contribution in [3.8, 4) is 5.69 Å². The fourth-order valence-electron chi connectivity index (χ4n) is 1.90. The molecule has 0 spiro atoms. The van der Waals surface area contributed by atoms with Crippen LogP contribution in [0.2, 0.25) is 0 Å². The summed E-state index contributed by atoms with van der Waals surface area (Å²) in [6, 6.07) is 12.5. The van der Waals surface area contributed by atoms with E-state index in [2.05, 4.69) is 47.2 Å². The van der Waals surface area contributed by atoms with Gasteiger partial charge in [-0.1, -0.05) is 18.2 Å². The SMILES string of the molecule is c1ccc2c(c1)COCc1cccn1-2. The van der Waals surface area contributed by atoms with Gasteiger partial charge in [-0.3, -0.25) is 0 Å². The summed E-state index contributed by atoms with van der Waals surface area (Å²) in [5.41, 5.74) is 3.71. The van der Waals surface area contributed by atoms with E-state index in [4.69, 9.17) is 4.74 Å². The average molecular weight is 185 g/mol. The number of hydrogen-bond donors (Lipinski definition) is 0. The van der Waals surface area contributed by atoms with Crippen LogP contribution < -0.4 is 0 Å². The predicted molar refractivity (Wildman–Crippen MR) is 54.3 cm³/mol. The molecule has 0 atom stereocenters. The van der Waals surface area contributed by atoms with Gasteiger partial charge in [0.2, 0.25) is 0 Å². The first-order chi connectivity index (χ1) is 6.95. The van der Waals surface area contributed by atoms with E-state index in [9.17, 15) is 0 Å². The number of ether oxygens (including phenoxy) is 1. The van der Waals surface area contributed by atoms with Gasteiger partial charge >= 0.3 is 0 Å². The Labute approximate surface area is 82.7 Å². The Balaban J connectivity index is 2.27. The van der Waals surface area contributed by atoms with E-state index in [0.29, 0.717) is 13.2 Å². The quantitative estimate of drug-likeness (QED) is 0.615. The average Bonchev–Trinajstić information content (AvgIpc) is 2.61. The van der Waals surface area contributed by atoms with Crippen molar-refractivity contribution in [1.82, 2.24) is 4.57 Å². The zero-order valence-electron chi connectivity index (χ0n) is 7.81. The molecule has 0 aliphatic carbocycles. The standard InChI is InChI=1S/C12H11NO/c1-2-6-12-10(4-1)8-14-9-11-5-3-7-13(11)12/h1-7H,8-9H2. The molecular weight excluding hydrogens is 174 g/mol. The van der Waals surface area contributed by atoms with Gasteiger partial charge in [0.25, 0.3) is 0 Å². The van der Waals surface area contributed by atoms with Crippen molar-refractivity contribution in [3.05, 3.63) is 53.9 Å². The van der Waals surface area contributed by atoms with Gasteiger partial charge in [-0.05, 0) is 18.2 Å². The van der Waals surface area contributed by atoms with E-state index >= 15 is 0 Å². The molecule has 2 heteroatoms. The highest BCUT2D eigenvalue weighted by atomic mass is 16.5. The maximum atomic E-state index is 5.58. The Hall–Kier alpha value is -1.54. The predicted octanol–water partition coefficient (Wildman–Crippen LogP) is 2.51. The summed E-state index contributed by atoms with van der Waals surface area (Å²) in [5, 5.41) is 0. The van der Waals surface area contributed by atoms with E-state index in [0.717, 1.165) is 0 Å². The van der Waals surface area contributed by atoms with E-state index < -0.39 is 0 Å². The lowest BCUT2D eigenvalue weighted by molar-refractivity contribution is 0.108. The molecule has 0 saturated heterocycles. The molecule has 1 aliphatic rings. The van der Waals surface area contributed by atoms with Gasteiger partial charge in [0, 0.05) is 17.5 Å². The van der Waals surface area contributed by atoms with E-state index in [1.165, 1.54) is 16.9 Å². The van der Waals surface area contributed by atoms with Gasteiger partial charge in [-0.2, -0.15) is 0 Å². The highest BCUT2D eigenvalue weighted by Crippen LogP contribution is 2.22. The highest BCUT2D eigenvalue weighted by Gasteiger charge is 2.11. The summed E-state index contributed by atoms with van der Waals surface area (Å²) in [6.07, 6.45) is 2.09. The summed E-state index contributed by atoms with van der Waals surface area (Å²) < 4.78 is 7.78. The van der Waals surface area contributed by atoms with Crippen LogP contribution in [0.4, 0.5) is 0 Å². The lowest BCUT2D eigenvalue weighted by atomic mass is 10.2. The van der Waals surface area contributed by atoms with Crippen molar-refractivity contribution in [2.45, 2.75) is 13.2 Å². The molecule has 1 aromatic carbocycles. The largest absolute Gasteiger partial charge is 0.370 e. The van der Waals surface area contributed by atoms with Gasteiger partial charge in [-0.15, -0.1) is 0 Å². The molecule has 1 aliphatic heterocycles. The molecule has 2 heterocycles. The van der Waals surface area contributed by atoms with Gasteiger partial charge < -0.3 is 9.30 Å². The second kappa shape index (κ2) is 3.00. The van der Waals surface area contributed by atoms with Crippen LogP contribution in [0.25, 0.3) is 5.69 Å². The number of rotatable bonds is 0. The number of hydrogen-bond acceptors (Lipinski definition) is 1. The van der Waals surface area contributed by atoms with E-state index in [1.807, 2.05) is 0 Å². The molecule has 0 bridgehead atoms. The number of benzene rings is 1. The van der Waals surface area contributed by atoms with E-state index in [-0.39, 0.29) is 0 Å². The third-order valence-corrected chi connectivity index (χ3v) is 2.59. The van der Waals surface area contributed by atoms with E-state index in [1.54, 1.807) is 0 Å². The number of nitrogens with zero attached hydrogens (tertiary/aromatic N) is 1. The first-order valence-electron chi connectivity index (χ1n) is 4.77. The minimum Gasteiger partial charge on any atom is -0.370 e. The second-order valence-electron chi connectivity index (χ2n) is 3.49.